The molecule has 0 saturated heterocycles. The summed E-state index contributed by atoms with van der Waals surface area (Å²) in [6, 6.07) is 3.82. The van der Waals surface area contributed by atoms with Crippen molar-refractivity contribution in [2.75, 3.05) is 39.6 Å². The number of aromatic hydroxyl groups is 1. The molecule has 0 aliphatic rings. The molecule has 1 aromatic carbocycles. The Bertz CT molecular complexity index is 345. The van der Waals surface area contributed by atoms with Crippen LogP contribution in [0.4, 0.5) is 4.39 Å². The first-order valence-electron chi connectivity index (χ1n) is 5.61. The first-order chi connectivity index (χ1) is 8.74. The summed E-state index contributed by atoms with van der Waals surface area (Å²) in [7, 11) is 0. The number of rotatable bonds is 9. The zero-order chi connectivity index (χ0) is 13.2. The Balaban J connectivity index is 2.05. The van der Waals surface area contributed by atoms with Crippen molar-refractivity contribution in [3.05, 3.63) is 24.0 Å². The van der Waals surface area contributed by atoms with Crippen LogP contribution in [0.1, 0.15) is 0 Å². The third kappa shape index (κ3) is 5.81. The van der Waals surface area contributed by atoms with E-state index in [0.29, 0.717) is 32.2 Å². The monoisotopic (exact) mass is 260 g/mol. The predicted molar refractivity (Wildman–Crippen MR) is 62.3 cm³/mol. The fourth-order valence-corrected chi connectivity index (χ4v) is 1.18. The quantitative estimate of drug-likeness (QED) is 0.647. The van der Waals surface area contributed by atoms with Gasteiger partial charge in [0.05, 0.1) is 33.0 Å². The highest BCUT2D eigenvalue weighted by Gasteiger charge is 2.01. The van der Waals surface area contributed by atoms with E-state index in [2.05, 4.69) is 0 Å². The van der Waals surface area contributed by atoms with Gasteiger partial charge in [-0.05, 0) is 12.1 Å². The standard InChI is InChI=1S/C12H17FO5/c13-11-9-10(1-2-12(11)15)18-8-7-17-6-5-16-4-3-14/h1-2,9,14-15H,3-8H2. The number of benzene rings is 1. The first-order valence-corrected chi connectivity index (χ1v) is 5.61. The van der Waals surface area contributed by atoms with Gasteiger partial charge < -0.3 is 24.4 Å². The maximum absolute atomic E-state index is 12.9. The van der Waals surface area contributed by atoms with Gasteiger partial charge in [-0.2, -0.15) is 0 Å². The van der Waals surface area contributed by atoms with Crippen LogP contribution >= 0.6 is 0 Å². The van der Waals surface area contributed by atoms with E-state index in [-0.39, 0.29) is 13.2 Å². The second-order valence-electron chi connectivity index (χ2n) is 3.41. The van der Waals surface area contributed by atoms with Gasteiger partial charge >= 0.3 is 0 Å². The van der Waals surface area contributed by atoms with Crippen LogP contribution < -0.4 is 4.74 Å². The third-order valence-corrected chi connectivity index (χ3v) is 2.02. The number of hydrogen-bond acceptors (Lipinski definition) is 5. The molecule has 0 atom stereocenters. The Morgan fingerprint density at radius 3 is 2.33 bits per heavy atom. The van der Waals surface area contributed by atoms with Crippen LogP contribution in [0, 0.1) is 5.82 Å². The second kappa shape index (κ2) is 8.68. The Hall–Kier alpha value is -1.37. The van der Waals surface area contributed by atoms with E-state index >= 15 is 0 Å². The van der Waals surface area contributed by atoms with Crippen molar-refractivity contribution in [1.29, 1.82) is 0 Å². The van der Waals surface area contributed by atoms with E-state index in [0.717, 1.165) is 6.07 Å². The van der Waals surface area contributed by atoms with E-state index in [9.17, 15) is 4.39 Å². The maximum Gasteiger partial charge on any atom is 0.168 e. The molecule has 0 heterocycles. The molecule has 2 N–H and O–H groups in total. The SMILES string of the molecule is OCCOCCOCCOc1ccc(O)c(F)c1. The first kappa shape index (κ1) is 14.7. The minimum Gasteiger partial charge on any atom is -0.505 e. The number of halogens is 1. The maximum atomic E-state index is 12.9. The molecular formula is C12H17FO5. The fraction of sp³-hybridized carbons (Fsp3) is 0.500. The van der Waals surface area contributed by atoms with Crippen LogP contribution in [0.15, 0.2) is 18.2 Å². The molecule has 1 aromatic rings. The van der Waals surface area contributed by atoms with Gasteiger partial charge in [-0.1, -0.05) is 0 Å². The summed E-state index contributed by atoms with van der Waals surface area (Å²) >= 11 is 0. The lowest BCUT2D eigenvalue weighted by atomic mass is 10.3. The van der Waals surface area contributed by atoms with E-state index in [1.165, 1.54) is 12.1 Å². The van der Waals surface area contributed by atoms with Crippen molar-refractivity contribution in [2.24, 2.45) is 0 Å². The van der Waals surface area contributed by atoms with Crippen LogP contribution in [0.25, 0.3) is 0 Å². The summed E-state index contributed by atoms with van der Waals surface area (Å²) in [5, 5.41) is 17.4. The largest absolute Gasteiger partial charge is 0.505 e. The van der Waals surface area contributed by atoms with Crippen molar-refractivity contribution < 1.29 is 28.8 Å². The normalized spacial score (nSPS) is 10.6. The zero-order valence-corrected chi connectivity index (χ0v) is 9.97. The minimum atomic E-state index is -0.717. The Labute approximate surface area is 105 Å². The summed E-state index contributed by atoms with van der Waals surface area (Å²) in [6.07, 6.45) is 0. The lowest BCUT2D eigenvalue weighted by Gasteiger charge is -2.07. The van der Waals surface area contributed by atoms with Crippen molar-refractivity contribution in [3.63, 3.8) is 0 Å². The van der Waals surface area contributed by atoms with Crippen molar-refractivity contribution >= 4 is 0 Å². The lowest BCUT2D eigenvalue weighted by Crippen LogP contribution is -2.11. The highest BCUT2D eigenvalue weighted by Crippen LogP contribution is 2.20. The summed E-state index contributed by atoms with van der Waals surface area (Å²) < 4.78 is 28.3. The van der Waals surface area contributed by atoms with E-state index < -0.39 is 11.6 Å². The number of ether oxygens (including phenoxy) is 3. The molecule has 0 radical (unpaired) electrons. The average molecular weight is 260 g/mol. The van der Waals surface area contributed by atoms with Crippen molar-refractivity contribution in [1.82, 2.24) is 0 Å². The van der Waals surface area contributed by atoms with Gasteiger partial charge in [-0.15, -0.1) is 0 Å². The van der Waals surface area contributed by atoms with E-state index in [1.54, 1.807) is 0 Å². The zero-order valence-electron chi connectivity index (χ0n) is 9.97. The number of phenolic OH excluding ortho intramolecular Hbond substituents is 1. The molecule has 0 aliphatic heterocycles. The van der Waals surface area contributed by atoms with Crippen LogP contribution in [0.5, 0.6) is 11.5 Å². The Morgan fingerprint density at radius 1 is 1.00 bits per heavy atom. The van der Waals surface area contributed by atoms with Gasteiger partial charge in [-0.25, -0.2) is 4.39 Å². The highest BCUT2D eigenvalue weighted by molar-refractivity contribution is 5.31. The summed E-state index contributed by atoms with van der Waals surface area (Å²) in [5.74, 6) is -0.782. The van der Waals surface area contributed by atoms with Crippen molar-refractivity contribution in [2.45, 2.75) is 0 Å². The summed E-state index contributed by atoms with van der Waals surface area (Å²) in [4.78, 5) is 0. The topological polar surface area (TPSA) is 68.2 Å². The van der Waals surface area contributed by atoms with Gasteiger partial charge in [0, 0.05) is 6.07 Å². The number of phenols is 1. The Morgan fingerprint density at radius 2 is 1.67 bits per heavy atom. The van der Waals surface area contributed by atoms with Crippen LogP contribution in [-0.2, 0) is 9.47 Å². The summed E-state index contributed by atoms with van der Waals surface area (Å²) in [5.41, 5.74) is 0. The molecule has 0 unspecified atom stereocenters. The molecule has 0 spiro atoms. The fourth-order valence-electron chi connectivity index (χ4n) is 1.18. The molecule has 0 saturated carbocycles. The highest BCUT2D eigenvalue weighted by atomic mass is 19.1. The molecule has 6 heteroatoms. The molecule has 18 heavy (non-hydrogen) atoms. The molecule has 1 rings (SSSR count). The molecule has 102 valence electrons. The van der Waals surface area contributed by atoms with Gasteiger partial charge in [0.2, 0.25) is 0 Å². The smallest absolute Gasteiger partial charge is 0.168 e. The molecule has 0 aromatic heterocycles. The number of aliphatic hydroxyl groups is 1. The molecular weight excluding hydrogens is 243 g/mol. The van der Waals surface area contributed by atoms with E-state index in [1.807, 2.05) is 0 Å². The lowest BCUT2D eigenvalue weighted by molar-refractivity contribution is 0.0247. The molecule has 0 fully saturated rings. The van der Waals surface area contributed by atoms with Crippen molar-refractivity contribution in [3.8, 4) is 11.5 Å². The van der Waals surface area contributed by atoms with Gasteiger partial charge in [0.15, 0.2) is 11.6 Å². The molecule has 5 nitrogen and oxygen atoms in total. The third-order valence-electron chi connectivity index (χ3n) is 2.02. The molecule has 0 aliphatic carbocycles. The van der Waals surface area contributed by atoms with Gasteiger partial charge in [-0.3, -0.25) is 0 Å². The van der Waals surface area contributed by atoms with Crippen LogP contribution in [-0.4, -0.2) is 49.9 Å². The average Bonchev–Trinajstić information content (AvgIpc) is 2.37. The Kier molecular flexibility index (Phi) is 7.09. The van der Waals surface area contributed by atoms with E-state index in [4.69, 9.17) is 24.4 Å². The molecule has 0 amide bonds. The number of hydrogen-bond donors (Lipinski definition) is 2. The van der Waals surface area contributed by atoms with Crippen LogP contribution in [0.2, 0.25) is 0 Å². The predicted octanol–water partition coefficient (Wildman–Crippen LogP) is 0.936. The second-order valence-corrected chi connectivity index (χ2v) is 3.41. The van der Waals surface area contributed by atoms with Crippen LogP contribution in [0.3, 0.4) is 0 Å². The van der Waals surface area contributed by atoms with Gasteiger partial charge in [0.25, 0.3) is 0 Å². The minimum absolute atomic E-state index is 0.00444. The molecule has 0 bridgehead atoms. The summed E-state index contributed by atoms with van der Waals surface area (Å²) in [6.45, 7) is 1.75. The van der Waals surface area contributed by atoms with Gasteiger partial charge in [0.1, 0.15) is 12.4 Å². The number of aliphatic hydroxyl groups excluding tert-OH is 1.